The lowest BCUT2D eigenvalue weighted by molar-refractivity contribution is -0.0277. The summed E-state index contributed by atoms with van der Waals surface area (Å²) >= 11 is 0. The highest BCUT2D eigenvalue weighted by molar-refractivity contribution is 5.37. The van der Waals surface area contributed by atoms with Crippen molar-refractivity contribution in [1.29, 1.82) is 0 Å². The summed E-state index contributed by atoms with van der Waals surface area (Å²) in [4.78, 5) is 2.13. The highest BCUT2D eigenvalue weighted by Gasteiger charge is 2.29. The van der Waals surface area contributed by atoms with Crippen molar-refractivity contribution in [1.82, 2.24) is 4.90 Å². The molecule has 5 nitrogen and oxygen atoms in total. The van der Waals surface area contributed by atoms with E-state index in [1.807, 2.05) is 19.1 Å². The van der Waals surface area contributed by atoms with Gasteiger partial charge in [0.1, 0.15) is 35.3 Å². The molecule has 1 aliphatic rings. The number of nitrogens with zero attached hydrogens (tertiary/aromatic N) is 1. The molecule has 1 N–H and O–H groups in total. The van der Waals surface area contributed by atoms with E-state index in [9.17, 15) is 13.9 Å². The lowest BCUT2D eigenvalue weighted by Gasteiger charge is -2.36. The van der Waals surface area contributed by atoms with Crippen molar-refractivity contribution in [3.05, 3.63) is 59.2 Å². The Bertz CT molecular complexity index is 797. The van der Waals surface area contributed by atoms with Gasteiger partial charge in [0.05, 0.1) is 13.7 Å². The molecule has 2 atom stereocenters. The van der Waals surface area contributed by atoms with E-state index in [2.05, 4.69) is 11.0 Å². The van der Waals surface area contributed by atoms with E-state index in [0.29, 0.717) is 39.3 Å². The zero-order valence-corrected chi connectivity index (χ0v) is 16.7. The molecule has 3 rings (SSSR count). The Kier molecular flexibility index (Phi) is 7.41. The van der Waals surface area contributed by atoms with Crippen LogP contribution in [0.3, 0.4) is 0 Å². The number of hydrogen-bond acceptors (Lipinski definition) is 5. The highest BCUT2D eigenvalue weighted by atomic mass is 19.1. The molecule has 0 aliphatic carbocycles. The van der Waals surface area contributed by atoms with Crippen molar-refractivity contribution < 1.29 is 28.1 Å². The normalized spacial score (nSPS) is 19.9. The van der Waals surface area contributed by atoms with Gasteiger partial charge in [0.2, 0.25) is 0 Å². The van der Waals surface area contributed by atoms with Gasteiger partial charge < -0.3 is 19.3 Å². The zero-order valence-electron chi connectivity index (χ0n) is 16.7. The molecule has 1 saturated heterocycles. The molecule has 1 aliphatic heterocycles. The summed E-state index contributed by atoms with van der Waals surface area (Å²) in [6.07, 6.45) is -0.700. The number of aliphatic hydroxyl groups is 1. The number of hydrogen-bond donors (Lipinski definition) is 1. The fraction of sp³-hybridized carbons (Fsp3) is 0.455. The van der Waals surface area contributed by atoms with E-state index >= 15 is 0 Å². The minimum Gasteiger partial charge on any atom is -0.496 e. The number of likely N-dealkylation sites (tertiary alicyclic amines) is 1. The van der Waals surface area contributed by atoms with Gasteiger partial charge in [0, 0.05) is 50.0 Å². The van der Waals surface area contributed by atoms with E-state index in [-0.39, 0.29) is 5.75 Å². The Morgan fingerprint density at radius 1 is 1.14 bits per heavy atom. The van der Waals surface area contributed by atoms with Gasteiger partial charge in [-0.25, -0.2) is 8.78 Å². The summed E-state index contributed by atoms with van der Waals surface area (Å²) in [5.74, 6) is -0.518. The lowest BCUT2D eigenvalue weighted by atomic mass is 10.0. The molecular weight excluding hydrogens is 380 g/mol. The maximum absolute atomic E-state index is 13.3. The minimum atomic E-state index is -0.753. The molecule has 0 saturated carbocycles. The number of methoxy groups -OCH3 is 1. The highest BCUT2D eigenvalue weighted by Crippen LogP contribution is 2.25. The van der Waals surface area contributed by atoms with Gasteiger partial charge in [-0.15, -0.1) is 0 Å². The van der Waals surface area contributed by atoms with Crippen LogP contribution in [-0.4, -0.2) is 49.0 Å². The predicted molar refractivity (Wildman–Crippen MR) is 105 cm³/mol. The van der Waals surface area contributed by atoms with E-state index in [1.54, 1.807) is 7.11 Å². The lowest BCUT2D eigenvalue weighted by Crippen LogP contribution is -2.48. The first kappa shape index (κ1) is 21.5. The first-order valence-electron chi connectivity index (χ1n) is 9.75. The molecular formula is C22H27F2NO4. The third-order valence-corrected chi connectivity index (χ3v) is 4.94. The molecule has 0 amide bonds. The van der Waals surface area contributed by atoms with Gasteiger partial charge in [-0.2, -0.15) is 0 Å². The molecule has 0 unspecified atom stereocenters. The SMILES string of the molecule is CCOCc1cc(CN2CC[C@@H](Oc3cc(F)cc(F)c3)[C@H](O)C2)ccc1OC. The van der Waals surface area contributed by atoms with Crippen LogP contribution in [0.2, 0.25) is 0 Å². The second-order valence-electron chi connectivity index (χ2n) is 7.14. The van der Waals surface area contributed by atoms with E-state index in [0.717, 1.165) is 35.1 Å². The van der Waals surface area contributed by atoms with Crippen molar-refractivity contribution in [3.8, 4) is 11.5 Å². The van der Waals surface area contributed by atoms with Crippen LogP contribution in [-0.2, 0) is 17.9 Å². The van der Waals surface area contributed by atoms with Crippen LogP contribution in [0.1, 0.15) is 24.5 Å². The molecule has 2 aromatic carbocycles. The van der Waals surface area contributed by atoms with E-state index in [4.69, 9.17) is 14.2 Å². The van der Waals surface area contributed by atoms with Crippen molar-refractivity contribution in [2.45, 2.75) is 38.7 Å². The summed E-state index contributed by atoms with van der Waals surface area (Å²) in [5.41, 5.74) is 2.08. The largest absolute Gasteiger partial charge is 0.496 e. The summed E-state index contributed by atoms with van der Waals surface area (Å²) in [5, 5.41) is 10.5. The standard InChI is InChI=1S/C22H27F2NO4/c1-3-28-14-16-8-15(4-5-21(16)27-2)12-25-7-6-22(20(26)13-25)29-19-10-17(23)9-18(24)11-19/h4-5,8-11,20,22,26H,3,6-7,12-14H2,1-2H3/t20-,22-/m1/s1. The van der Waals surface area contributed by atoms with Crippen molar-refractivity contribution in [2.75, 3.05) is 26.8 Å². The molecule has 158 valence electrons. The van der Waals surface area contributed by atoms with Gasteiger partial charge in [-0.1, -0.05) is 6.07 Å². The number of ether oxygens (including phenoxy) is 3. The Morgan fingerprint density at radius 3 is 2.55 bits per heavy atom. The first-order valence-corrected chi connectivity index (χ1v) is 9.75. The molecule has 0 aromatic heterocycles. The number of piperidine rings is 1. The molecule has 7 heteroatoms. The van der Waals surface area contributed by atoms with Crippen molar-refractivity contribution >= 4 is 0 Å². The van der Waals surface area contributed by atoms with E-state index < -0.39 is 23.8 Å². The van der Waals surface area contributed by atoms with Gasteiger partial charge in [-0.3, -0.25) is 4.90 Å². The van der Waals surface area contributed by atoms with Gasteiger partial charge in [0.25, 0.3) is 0 Å². The third kappa shape index (κ3) is 5.88. The molecule has 0 bridgehead atoms. The number of rotatable bonds is 8. The van der Waals surface area contributed by atoms with Gasteiger partial charge in [0.15, 0.2) is 0 Å². The van der Waals surface area contributed by atoms with Crippen LogP contribution in [0.15, 0.2) is 36.4 Å². The van der Waals surface area contributed by atoms with Crippen molar-refractivity contribution in [2.24, 2.45) is 0 Å². The fourth-order valence-electron chi connectivity index (χ4n) is 3.54. The Labute approximate surface area is 169 Å². The number of β-amino-alcohol motifs (C(OH)–C–C–N with tert-alkyl or cyclic N) is 1. The monoisotopic (exact) mass is 407 g/mol. The predicted octanol–water partition coefficient (Wildman–Crippen LogP) is 3.52. The number of aliphatic hydroxyl groups excluding tert-OH is 1. The van der Waals surface area contributed by atoms with Crippen molar-refractivity contribution in [3.63, 3.8) is 0 Å². The number of benzene rings is 2. The van der Waals surface area contributed by atoms with Crippen LogP contribution in [0.4, 0.5) is 8.78 Å². The quantitative estimate of drug-likeness (QED) is 0.726. The second-order valence-corrected chi connectivity index (χ2v) is 7.14. The summed E-state index contributed by atoms with van der Waals surface area (Å²) in [6, 6.07) is 9.02. The zero-order chi connectivity index (χ0) is 20.8. The Balaban J connectivity index is 1.59. The smallest absolute Gasteiger partial charge is 0.129 e. The maximum Gasteiger partial charge on any atom is 0.129 e. The maximum atomic E-state index is 13.3. The Hall–Kier alpha value is -2.22. The van der Waals surface area contributed by atoms with Crippen LogP contribution in [0.5, 0.6) is 11.5 Å². The molecule has 0 radical (unpaired) electrons. The van der Waals surface area contributed by atoms with Crippen LogP contribution in [0.25, 0.3) is 0 Å². The number of halogens is 2. The average molecular weight is 407 g/mol. The average Bonchev–Trinajstić information content (AvgIpc) is 2.68. The molecule has 1 fully saturated rings. The third-order valence-electron chi connectivity index (χ3n) is 4.94. The second kappa shape index (κ2) is 10.0. The minimum absolute atomic E-state index is 0.0933. The van der Waals surface area contributed by atoms with Crippen LogP contribution in [0, 0.1) is 11.6 Å². The van der Waals surface area contributed by atoms with Crippen LogP contribution < -0.4 is 9.47 Å². The molecule has 0 spiro atoms. The summed E-state index contributed by atoms with van der Waals surface area (Å²) in [6.45, 7) is 4.84. The fourth-order valence-corrected chi connectivity index (χ4v) is 3.54. The molecule has 1 heterocycles. The summed E-state index contributed by atoms with van der Waals surface area (Å²) < 4.78 is 43.2. The first-order chi connectivity index (χ1) is 14.0. The van der Waals surface area contributed by atoms with Crippen LogP contribution >= 0.6 is 0 Å². The van der Waals surface area contributed by atoms with E-state index in [1.165, 1.54) is 0 Å². The van der Waals surface area contributed by atoms with Gasteiger partial charge >= 0.3 is 0 Å². The summed E-state index contributed by atoms with van der Waals surface area (Å²) in [7, 11) is 1.63. The molecule has 29 heavy (non-hydrogen) atoms. The Morgan fingerprint density at radius 2 is 1.90 bits per heavy atom. The molecule has 2 aromatic rings. The topological polar surface area (TPSA) is 51.2 Å². The van der Waals surface area contributed by atoms with Gasteiger partial charge in [-0.05, 0) is 31.0 Å².